The summed E-state index contributed by atoms with van der Waals surface area (Å²) in [6, 6.07) is 0. The molecule has 0 rings (SSSR count). The number of nitrogens with two attached hydrogens (primary N) is 1. The van der Waals surface area contributed by atoms with Gasteiger partial charge in [-0.1, -0.05) is 34.8 Å². The Morgan fingerprint density at radius 2 is 2.20 bits per heavy atom. The number of alkyl halides is 1. The Balaban J connectivity index is 2.85. The van der Waals surface area contributed by atoms with Crippen LogP contribution < -0.4 is 5.73 Å². The fourth-order valence-corrected chi connectivity index (χ4v) is 0. The lowest BCUT2D eigenvalue weighted by atomic mass is 10.8. The molecule has 0 fully saturated rings. The Morgan fingerprint density at radius 3 is 2.20 bits per heavy atom. The summed E-state index contributed by atoms with van der Waals surface area (Å²) in [5.41, 5.74) is 5.02. The summed E-state index contributed by atoms with van der Waals surface area (Å²) in [4.78, 5) is 0.575. The van der Waals surface area contributed by atoms with Gasteiger partial charge in [0.25, 0.3) is 0 Å². The average molecular weight is 201 g/mol. The molecule has 0 saturated heterocycles. The molecule has 0 aromatic heterocycles. The minimum atomic E-state index is 0.575. The second kappa shape index (κ2) is 2.84. The van der Waals surface area contributed by atoms with Crippen molar-refractivity contribution in [3.05, 3.63) is 0 Å². The predicted octanol–water partition coefficient (Wildman–Crippen LogP) is 0.708. The summed E-state index contributed by atoms with van der Waals surface area (Å²) in [5, 5.41) is 0. The molecule has 0 aliphatic carbocycles. The highest BCUT2D eigenvalue weighted by molar-refractivity contribution is 14.1. The monoisotopic (exact) mass is 201 g/mol. The van der Waals surface area contributed by atoms with Crippen molar-refractivity contribution in [1.29, 1.82) is 0 Å². The molecule has 3 heteroatoms. The maximum Gasteiger partial charge on any atom is 0.0826 e. The van der Waals surface area contributed by atoms with Crippen LogP contribution in [0.2, 0.25) is 0 Å². The standard InChI is InChI=1S/C2H4INS/c3-1-2(4)5/h1H2,(H2,4,5). The first-order valence-corrected chi connectivity index (χ1v) is 3.05. The number of thiocarbonyl (C=S) groups is 1. The molecule has 0 saturated carbocycles. The molecule has 1 nitrogen and oxygen atoms in total. The molecule has 0 aliphatic rings. The van der Waals surface area contributed by atoms with Gasteiger partial charge in [-0.2, -0.15) is 0 Å². The van der Waals surface area contributed by atoms with Crippen LogP contribution in [0.25, 0.3) is 0 Å². The zero-order valence-corrected chi connectivity index (χ0v) is 5.54. The van der Waals surface area contributed by atoms with Crippen molar-refractivity contribution in [1.82, 2.24) is 0 Å². The van der Waals surface area contributed by atoms with E-state index in [2.05, 4.69) is 34.8 Å². The van der Waals surface area contributed by atoms with Gasteiger partial charge in [-0.05, 0) is 0 Å². The summed E-state index contributed by atoms with van der Waals surface area (Å²) in [7, 11) is 0. The Bertz CT molecular complexity index is 44.9. The lowest BCUT2D eigenvalue weighted by molar-refractivity contribution is 1.77. The minimum absolute atomic E-state index is 0.575. The molecule has 0 bridgehead atoms. The van der Waals surface area contributed by atoms with Crippen molar-refractivity contribution >= 4 is 39.8 Å². The Morgan fingerprint density at radius 1 is 2.00 bits per heavy atom. The van der Waals surface area contributed by atoms with E-state index in [9.17, 15) is 0 Å². The van der Waals surface area contributed by atoms with E-state index in [1.54, 1.807) is 0 Å². The van der Waals surface area contributed by atoms with Crippen LogP contribution in [0, 0.1) is 0 Å². The highest BCUT2D eigenvalue weighted by Gasteiger charge is 1.73. The van der Waals surface area contributed by atoms with Gasteiger partial charge in [0, 0.05) is 4.43 Å². The average Bonchev–Trinajstić information content (AvgIpc) is 1.38. The largest absolute Gasteiger partial charge is 0.393 e. The molecule has 0 atom stereocenters. The fourth-order valence-electron chi connectivity index (χ4n) is 0. The Kier molecular flexibility index (Phi) is 3.19. The van der Waals surface area contributed by atoms with Gasteiger partial charge < -0.3 is 5.73 Å². The molecule has 0 aromatic carbocycles. The maximum absolute atomic E-state index is 5.02. The normalized spacial score (nSPS) is 7.40. The van der Waals surface area contributed by atoms with Gasteiger partial charge in [-0.15, -0.1) is 0 Å². The highest BCUT2D eigenvalue weighted by atomic mass is 127. The second-order valence-electron chi connectivity index (χ2n) is 0.600. The number of halogens is 1. The zero-order chi connectivity index (χ0) is 4.28. The predicted molar refractivity (Wildman–Crippen MR) is 35.7 cm³/mol. The second-order valence-corrected chi connectivity index (χ2v) is 1.89. The molecule has 0 radical (unpaired) electrons. The van der Waals surface area contributed by atoms with Crippen molar-refractivity contribution in [2.45, 2.75) is 0 Å². The van der Waals surface area contributed by atoms with Crippen molar-refractivity contribution in [3.8, 4) is 0 Å². The number of hydrogen-bond acceptors (Lipinski definition) is 1. The van der Waals surface area contributed by atoms with E-state index in [1.165, 1.54) is 0 Å². The molecule has 0 spiro atoms. The van der Waals surface area contributed by atoms with Gasteiger partial charge in [0.05, 0.1) is 4.99 Å². The van der Waals surface area contributed by atoms with Crippen LogP contribution in [0.3, 0.4) is 0 Å². The first-order chi connectivity index (χ1) is 2.27. The van der Waals surface area contributed by atoms with Gasteiger partial charge in [0.15, 0.2) is 0 Å². The van der Waals surface area contributed by atoms with Crippen LogP contribution in [0.15, 0.2) is 0 Å². The first kappa shape index (κ1) is 5.62. The van der Waals surface area contributed by atoms with Crippen LogP contribution in [0.1, 0.15) is 0 Å². The SMILES string of the molecule is NC(=S)CI. The third-order valence-corrected chi connectivity index (χ3v) is 1.62. The van der Waals surface area contributed by atoms with Gasteiger partial charge >= 0.3 is 0 Å². The van der Waals surface area contributed by atoms with Crippen LogP contribution in [0.4, 0.5) is 0 Å². The van der Waals surface area contributed by atoms with Crippen LogP contribution >= 0.6 is 34.8 Å². The lowest BCUT2D eigenvalue weighted by Gasteiger charge is -1.76. The number of rotatable bonds is 1. The minimum Gasteiger partial charge on any atom is -0.393 e. The lowest BCUT2D eigenvalue weighted by Crippen LogP contribution is -2.07. The van der Waals surface area contributed by atoms with Gasteiger partial charge in [-0.25, -0.2) is 0 Å². The van der Waals surface area contributed by atoms with Gasteiger partial charge in [0.1, 0.15) is 0 Å². The zero-order valence-electron chi connectivity index (χ0n) is 2.57. The maximum atomic E-state index is 5.02. The van der Waals surface area contributed by atoms with Crippen LogP contribution in [0.5, 0.6) is 0 Å². The van der Waals surface area contributed by atoms with E-state index in [0.717, 1.165) is 4.43 Å². The van der Waals surface area contributed by atoms with E-state index in [1.807, 2.05) is 0 Å². The van der Waals surface area contributed by atoms with Gasteiger partial charge in [0.2, 0.25) is 0 Å². The molecule has 0 heterocycles. The van der Waals surface area contributed by atoms with Crippen LogP contribution in [-0.4, -0.2) is 9.42 Å². The number of hydrogen-bond donors (Lipinski definition) is 1. The highest BCUT2D eigenvalue weighted by Crippen LogP contribution is 1.76. The van der Waals surface area contributed by atoms with Crippen molar-refractivity contribution in [2.75, 3.05) is 4.43 Å². The summed E-state index contributed by atoms with van der Waals surface area (Å²) in [5.74, 6) is 0. The summed E-state index contributed by atoms with van der Waals surface area (Å²) < 4.78 is 0.785. The first-order valence-electron chi connectivity index (χ1n) is 1.11. The molecular weight excluding hydrogens is 197 g/mol. The van der Waals surface area contributed by atoms with E-state index in [4.69, 9.17) is 5.73 Å². The third-order valence-electron chi connectivity index (χ3n) is 0.132. The Hall–Kier alpha value is 0.620. The molecule has 5 heavy (non-hydrogen) atoms. The topological polar surface area (TPSA) is 26.0 Å². The Labute approximate surface area is 50.1 Å². The molecule has 0 amide bonds. The fraction of sp³-hybridized carbons (Fsp3) is 0.500. The molecule has 0 unspecified atom stereocenters. The molecular formula is C2H4INS. The van der Waals surface area contributed by atoms with Crippen molar-refractivity contribution in [3.63, 3.8) is 0 Å². The third kappa shape index (κ3) is 4.62. The van der Waals surface area contributed by atoms with Crippen molar-refractivity contribution in [2.24, 2.45) is 5.73 Å². The quantitative estimate of drug-likeness (QED) is 0.384. The van der Waals surface area contributed by atoms with Crippen LogP contribution in [-0.2, 0) is 0 Å². The molecule has 30 valence electrons. The molecule has 0 aliphatic heterocycles. The van der Waals surface area contributed by atoms with E-state index >= 15 is 0 Å². The summed E-state index contributed by atoms with van der Waals surface area (Å²) in [6.07, 6.45) is 0. The summed E-state index contributed by atoms with van der Waals surface area (Å²) in [6.45, 7) is 0. The van der Waals surface area contributed by atoms with E-state index in [0.29, 0.717) is 4.99 Å². The van der Waals surface area contributed by atoms with E-state index in [-0.39, 0.29) is 0 Å². The molecule has 2 N–H and O–H groups in total. The van der Waals surface area contributed by atoms with Gasteiger partial charge in [-0.3, -0.25) is 0 Å². The smallest absolute Gasteiger partial charge is 0.0826 e. The summed E-state index contributed by atoms with van der Waals surface area (Å²) >= 11 is 6.58. The van der Waals surface area contributed by atoms with E-state index < -0.39 is 0 Å². The van der Waals surface area contributed by atoms with Crippen molar-refractivity contribution < 1.29 is 0 Å². The molecule has 0 aromatic rings.